The fraction of sp³-hybridized carbons (Fsp3) is 0.237. The molecule has 1 fully saturated rings. The molecule has 0 saturated carbocycles. The highest BCUT2D eigenvalue weighted by atomic mass is 35.5. The van der Waals surface area contributed by atoms with Gasteiger partial charge in [-0.3, -0.25) is 14.7 Å². The predicted molar refractivity (Wildman–Crippen MR) is 191 cm³/mol. The van der Waals surface area contributed by atoms with Crippen molar-refractivity contribution < 1.29 is 23.8 Å². The zero-order valence-electron chi connectivity index (χ0n) is 27.1. The van der Waals surface area contributed by atoms with Gasteiger partial charge >= 0.3 is 5.97 Å². The number of esters is 1. The SMILES string of the molecule is CCOC(=O)c1ccc(C=CC(=O)NCc2cccn2-c2ccc(Cl)c(C(Oc3cccc4cccnc34)N3CCOC(C)C3)c2Cl)cc1. The average molecular weight is 700 g/mol. The zero-order chi connectivity index (χ0) is 34.3. The van der Waals surface area contributed by atoms with Gasteiger partial charge in [-0.1, -0.05) is 53.5 Å². The van der Waals surface area contributed by atoms with Gasteiger partial charge in [-0.2, -0.15) is 0 Å². The summed E-state index contributed by atoms with van der Waals surface area (Å²) in [4.78, 5) is 31.5. The van der Waals surface area contributed by atoms with Gasteiger partial charge in [0, 0.05) is 48.2 Å². The summed E-state index contributed by atoms with van der Waals surface area (Å²) in [7, 11) is 0. The number of morpholine rings is 1. The Labute approximate surface area is 295 Å². The van der Waals surface area contributed by atoms with Crippen molar-refractivity contribution in [2.24, 2.45) is 0 Å². The van der Waals surface area contributed by atoms with Crippen molar-refractivity contribution in [2.75, 3.05) is 26.3 Å². The molecule has 3 aromatic carbocycles. The third-order valence-corrected chi connectivity index (χ3v) is 8.90. The molecule has 1 amide bonds. The second kappa shape index (κ2) is 15.7. The van der Waals surface area contributed by atoms with Crippen LogP contribution < -0.4 is 10.1 Å². The van der Waals surface area contributed by atoms with Crippen LogP contribution in [0.2, 0.25) is 10.0 Å². The van der Waals surface area contributed by atoms with E-state index in [4.69, 9.17) is 37.4 Å². The quantitative estimate of drug-likeness (QED) is 0.112. The lowest BCUT2D eigenvalue weighted by molar-refractivity contribution is -0.116. The maximum atomic E-state index is 12.8. The maximum Gasteiger partial charge on any atom is 0.338 e. The topological polar surface area (TPSA) is 94.9 Å². The van der Waals surface area contributed by atoms with E-state index in [0.717, 1.165) is 22.2 Å². The number of amides is 1. The third-order valence-electron chi connectivity index (χ3n) is 8.18. The first kappa shape index (κ1) is 34.2. The van der Waals surface area contributed by atoms with Crippen LogP contribution in [-0.2, 0) is 20.8 Å². The monoisotopic (exact) mass is 698 g/mol. The van der Waals surface area contributed by atoms with Crippen LogP contribution in [0.3, 0.4) is 0 Å². The summed E-state index contributed by atoms with van der Waals surface area (Å²) in [5.41, 5.74) is 4.10. The van der Waals surface area contributed by atoms with Crippen LogP contribution in [0.1, 0.15) is 47.3 Å². The van der Waals surface area contributed by atoms with Gasteiger partial charge in [0.15, 0.2) is 6.23 Å². The number of pyridine rings is 1. The van der Waals surface area contributed by atoms with Crippen molar-refractivity contribution in [2.45, 2.75) is 32.7 Å². The molecule has 3 heterocycles. The van der Waals surface area contributed by atoms with E-state index in [1.54, 1.807) is 43.5 Å². The van der Waals surface area contributed by atoms with Crippen LogP contribution >= 0.6 is 23.2 Å². The Hall–Kier alpha value is -4.67. The molecule has 2 unspecified atom stereocenters. The lowest BCUT2D eigenvalue weighted by Crippen LogP contribution is -2.45. The number of hydrogen-bond donors (Lipinski definition) is 1. The van der Waals surface area contributed by atoms with Gasteiger partial charge in [-0.25, -0.2) is 4.79 Å². The molecule has 2 aromatic heterocycles. The largest absolute Gasteiger partial charge is 0.469 e. The first-order valence-electron chi connectivity index (χ1n) is 16.1. The molecule has 0 aliphatic carbocycles. The predicted octanol–water partition coefficient (Wildman–Crippen LogP) is 7.64. The summed E-state index contributed by atoms with van der Waals surface area (Å²) < 4.78 is 19.6. The van der Waals surface area contributed by atoms with Crippen molar-refractivity contribution in [3.05, 3.63) is 130 Å². The number of nitrogens with one attached hydrogen (secondary N) is 1. The molecule has 0 radical (unpaired) electrons. The van der Waals surface area contributed by atoms with Crippen molar-refractivity contribution in [1.82, 2.24) is 19.8 Å². The molecule has 5 aromatic rings. The minimum Gasteiger partial charge on any atom is -0.469 e. The van der Waals surface area contributed by atoms with Gasteiger partial charge in [0.25, 0.3) is 0 Å². The summed E-state index contributed by atoms with van der Waals surface area (Å²) in [6, 6.07) is 24.1. The Morgan fingerprint density at radius 2 is 1.88 bits per heavy atom. The fourth-order valence-electron chi connectivity index (χ4n) is 5.78. The minimum absolute atomic E-state index is 0.0103. The van der Waals surface area contributed by atoms with Crippen molar-refractivity contribution in [3.8, 4) is 11.4 Å². The summed E-state index contributed by atoms with van der Waals surface area (Å²) in [5, 5.41) is 4.80. The molecule has 0 bridgehead atoms. The molecular formula is C38H36Cl2N4O5. The molecule has 1 N–H and O–H groups in total. The van der Waals surface area contributed by atoms with E-state index in [9.17, 15) is 9.59 Å². The Morgan fingerprint density at radius 3 is 2.67 bits per heavy atom. The van der Waals surface area contributed by atoms with Crippen LogP contribution in [0.4, 0.5) is 0 Å². The number of para-hydroxylation sites is 1. The number of halogens is 2. The lowest BCUT2D eigenvalue weighted by atomic mass is 10.1. The van der Waals surface area contributed by atoms with E-state index in [-0.39, 0.29) is 24.5 Å². The second-order valence-electron chi connectivity index (χ2n) is 11.5. The van der Waals surface area contributed by atoms with Crippen molar-refractivity contribution in [1.29, 1.82) is 0 Å². The summed E-state index contributed by atoms with van der Waals surface area (Å²) >= 11 is 14.2. The Kier molecular flexibility index (Phi) is 11.0. The Balaban J connectivity index is 1.24. The molecule has 1 saturated heterocycles. The summed E-state index contributed by atoms with van der Waals surface area (Å²) in [5.74, 6) is -0.0385. The molecule has 11 heteroatoms. The van der Waals surface area contributed by atoms with Crippen LogP contribution in [0.15, 0.2) is 97.3 Å². The molecule has 2 atom stereocenters. The highest BCUT2D eigenvalue weighted by molar-refractivity contribution is 6.37. The van der Waals surface area contributed by atoms with E-state index >= 15 is 0 Å². The number of carbonyl (C=O) groups excluding carboxylic acids is 2. The van der Waals surface area contributed by atoms with E-state index in [1.165, 1.54) is 6.08 Å². The first-order valence-corrected chi connectivity index (χ1v) is 16.8. The molecule has 9 nitrogen and oxygen atoms in total. The lowest BCUT2D eigenvalue weighted by Gasteiger charge is -2.38. The number of hydrogen-bond acceptors (Lipinski definition) is 7. The standard InChI is InChI=1S/C38H36Cl2N4O5/c1-3-47-38(46)28-14-11-26(12-15-28)13-18-33(45)42-23-29-9-6-20-44(29)31-17-16-30(39)34(35(31)40)37(43-21-22-48-25(2)24-43)49-32-10-4-7-27-8-5-19-41-36(27)32/h4-20,25,37H,3,21-24H2,1-2H3,(H,42,45). The van der Waals surface area contributed by atoms with Crippen LogP contribution in [0.5, 0.6) is 5.75 Å². The van der Waals surface area contributed by atoms with Crippen molar-refractivity contribution in [3.63, 3.8) is 0 Å². The van der Waals surface area contributed by atoms with E-state index < -0.39 is 6.23 Å². The molecule has 0 spiro atoms. The van der Waals surface area contributed by atoms with Gasteiger partial charge in [0.2, 0.25) is 5.91 Å². The van der Waals surface area contributed by atoms with Crippen molar-refractivity contribution >= 4 is 52.1 Å². The van der Waals surface area contributed by atoms with Gasteiger partial charge in [0.05, 0.1) is 47.2 Å². The zero-order valence-corrected chi connectivity index (χ0v) is 28.7. The van der Waals surface area contributed by atoms with Crippen LogP contribution in [0, 0.1) is 0 Å². The number of rotatable bonds is 11. The highest BCUT2D eigenvalue weighted by Crippen LogP contribution is 2.40. The maximum absolute atomic E-state index is 12.8. The van der Waals surface area contributed by atoms with Crippen LogP contribution in [0.25, 0.3) is 22.7 Å². The van der Waals surface area contributed by atoms with Gasteiger partial charge in [-0.05, 0) is 74.0 Å². The Morgan fingerprint density at radius 1 is 1.06 bits per heavy atom. The highest BCUT2D eigenvalue weighted by Gasteiger charge is 2.32. The number of ether oxygens (including phenoxy) is 3. The smallest absolute Gasteiger partial charge is 0.338 e. The average Bonchev–Trinajstić information content (AvgIpc) is 3.58. The van der Waals surface area contributed by atoms with E-state index in [2.05, 4.69) is 15.2 Å². The molecule has 252 valence electrons. The number of benzene rings is 3. The molecule has 49 heavy (non-hydrogen) atoms. The normalized spacial score (nSPS) is 15.7. The molecule has 1 aliphatic rings. The number of aromatic nitrogens is 2. The summed E-state index contributed by atoms with van der Waals surface area (Å²) in [6.07, 6.45) is 6.13. The first-order chi connectivity index (χ1) is 23.8. The number of nitrogens with zero attached hydrogens (tertiary/aromatic N) is 3. The van der Waals surface area contributed by atoms with Gasteiger partial charge < -0.3 is 24.1 Å². The molecular weight excluding hydrogens is 663 g/mol. The molecule has 6 rings (SSSR count). The Bertz CT molecular complexity index is 1970. The van der Waals surface area contributed by atoms with E-state index in [0.29, 0.717) is 58.9 Å². The fourth-order valence-corrected chi connectivity index (χ4v) is 6.43. The van der Waals surface area contributed by atoms with Gasteiger partial charge in [-0.15, -0.1) is 0 Å². The van der Waals surface area contributed by atoms with Gasteiger partial charge in [0.1, 0.15) is 11.3 Å². The number of fused-ring (bicyclic) bond motifs is 1. The summed E-state index contributed by atoms with van der Waals surface area (Å²) in [6.45, 7) is 6.11. The molecule has 1 aliphatic heterocycles. The second-order valence-corrected chi connectivity index (χ2v) is 12.3. The minimum atomic E-state index is -0.630. The van der Waals surface area contributed by atoms with Crippen LogP contribution in [-0.4, -0.2) is 58.7 Å². The third kappa shape index (κ3) is 7.98. The van der Waals surface area contributed by atoms with E-state index in [1.807, 2.05) is 72.3 Å². The number of carbonyl (C=O) groups is 2.